The Balaban J connectivity index is 1.95. The van der Waals surface area contributed by atoms with Crippen molar-refractivity contribution in [3.63, 3.8) is 0 Å². The molecule has 0 saturated heterocycles. The van der Waals surface area contributed by atoms with E-state index >= 15 is 0 Å². The maximum atomic E-state index is 12.9. The highest BCUT2D eigenvalue weighted by molar-refractivity contribution is 9.10. The summed E-state index contributed by atoms with van der Waals surface area (Å²) in [6, 6.07) is 17.0. The lowest BCUT2D eigenvalue weighted by Crippen LogP contribution is -2.17. The van der Waals surface area contributed by atoms with Crippen LogP contribution in [0.3, 0.4) is 0 Å². The minimum atomic E-state index is -3.72. The molecule has 0 aliphatic carbocycles. The van der Waals surface area contributed by atoms with E-state index in [1.54, 1.807) is 32.0 Å². The minimum Gasteiger partial charge on any atom is -0.263 e. The van der Waals surface area contributed by atoms with Crippen LogP contribution in [-0.4, -0.2) is 13.4 Å². The average Bonchev–Trinajstić information content (AvgIpc) is 2.54. The molecule has 0 atom stereocenters. The zero-order valence-corrected chi connectivity index (χ0v) is 17.1. The summed E-state index contributed by atoms with van der Waals surface area (Å²) in [6.07, 6.45) is 0. The molecule has 0 bridgehead atoms. The summed E-state index contributed by atoms with van der Waals surface area (Å²) < 4.78 is 29.2. The number of nitrogens with one attached hydrogen (secondary N) is 1. The van der Waals surface area contributed by atoms with Crippen LogP contribution in [0, 0.1) is 20.8 Å². The van der Waals surface area contributed by atoms with Gasteiger partial charge in [-0.1, -0.05) is 46.3 Å². The Hall–Kier alpha value is -2.18. The highest BCUT2D eigenvalue weighted by Crippen LogP contribution is 2.28. The van der Waals surface area contributed by atoms with E-state index in [0.717, 1.165) is 21.3 Å². The molecule has 1 aromatic heterocycles. The number of hydrogen-bond acceptors (Lipinski definition) is 3. The molecule has 1 heterocycles. The second-order valence-corrected chi connectivity index (χ2v) is 8.70. The third kappa shape index (κ3) is 3.81. The first-order valence-electron chi connectivity index (χ1n) is 8.10. The van der Waals surface area contributed by atoms with Crippen molar-refractivity contribution in [2.75, 3.05) is 4.72 Å². The van der Waals surface area contributed by atoms with Crippen LogP contribution in [0.15, 0.2) is 64.0 Å². The molecular weight excluding hydrogens is 412 g/mol. The van der Waals surface area contributed by atoms with Gasteiger partial charge in [0, 0.05) is 15.7 Å². The SMILES string of the molecule is Cc1cc(Br)cc(C)c1S(=O)(=O)Nc1ccc(-c2ccccc2)c(C)n1. The Kier molecular flexibility index (Phi) is 5.16. The van der Waals surface area contributed by atoms with Crippen LogP contribution in [0.2, 0.25) is 0 Å². The van der Waals surface area contributed by atoms with Gasteiger partial charge in [-0.2, -0.15) is 0 Å². The van der Waals surface area contributed by atoms with E-state index < -0.39 is 10.0 Å². The van der Waals surface area contributed by atoms with Crippen LogP contribution < -0.4 is 4.72 Å². The normalized spacial score (nSPS) is 11.4. The molecule has 0 radical (unpaired) electrons. The maximum Gasteiger partial charge on any atom is 0.263 e. The van der Waals surface area contributed by atoms with Gasteiger partial charge >= 0.3 is 0 Å². The summed E-state index contributed by atoms with van der Waals surface area (Å²) >= 11 is 3.39. The van der Waals surface area contributed by atoms with Gasteiger partial charge in [-0.15, -0.1) is 0 Å². The lowest BCUT2D eigenvalue weighted by Gasteiger charge is -2.14. The second-order valence-electron chi connectivity index (χ2n) is 6.17. The van der Waals surface area contributed by atoms with Gasteiger partial charge in [0.15, 0.2) is 0 Å². The predicted octanol–water partition coefficient (Wildman–Crippen LogP) is 5.24. The number of aromatic nitrogens is 1. The van der Waals surface area contributed by atoms with Crippen LogP contribution in [-0.2, 0) is 10.0 Å². The number of hydrogen-bond donors (Lipinski definition) is 1. The minimum absolute atomic E-state index is 0.285. The van der Waals surface area contributed by atoms with Crippen molar-refractivity contribution < 1.29 is 8.42 Å². The lowest BCUT2D eigenvalue weighted by atomic mass is 10.0. The molecular formula is C20H19BrN2O2S. The number of rotatable bonds is 4. The first-order chi connectivity index (χ1) is 12.3. The molecule has 0 spiro atoms. The van der Waals surface area contributed by atoms with Crippen LogP contribution >= 0.6 is 15.9 Å². The first-order valence-corrected chi connectivity index (χ1v) is 10.4. The largest absolute Gasteiger partial charge is 0.263 e. The molecule has 134 valence electrons. The molecule has 26 heavy (non-hydrogen) atoms. The van der Waals surface area contributed by atoms with E-state index in [-0.39, 0.29) is 4.90 Å². The summed E-state index contributed by atoms with van der Waals surface area (Å²) in [7, 11) is -3.72. The van der Waals surface area contributed by atoms with Gasteiger partial charge in [0.1, 0.15) is 5.82 Å². The number of benzene rings is 2. The fraction of sp³-hybridized carbons (Fsp3) is 0.150. The van der Waals surface area contributed by atoms with Crippen molar-refractivity contribution in [1.82, 2.24) is 4.98 Å². The van der Waals surface area contributed by atoms with Gasteiger partial charge in [0.25, 0.3) is 10.0 Å². The second kappa shape index (κ2) is 7.21. The number of anilines is 1. The van der Waals surface area contributed by atoms with Crippen molar-refractivity contribution in [2.45, 2.75) is 25.7 Å². The summed E-state index contributed by atoms with van der Waals surface area (Å²) in [5.41, 5.74) is 4.15. The molecule has 3 aromatic rings. The highest BCUT2D eigenvalue weighted by atomic mass is 79.9. The van der Waals surface area contributed by atoms with E-state index in [2.05, 4.69) is 25.6 Å². The van der Waals surface area contributed by atoms with E-state index in [9.17, 15) is 8.42 Å². The van der Waals surface area contributed by atoms with E-state index in [1.165, 1.54) is 0 Å². The Labute approximate surface area is 162 Å². The smallest absolute Gasteiger partial charge is 0.263 e. The summed E-state index contributed by atoms with van der Waals surface area (Å²) in [5, 5.41) is 0. The number of pyridine rings is 1. The Morgan fingerprint density at radius 2 is 1.54 bits per heavy atom. The summed E-state index contributed by atoms with van der Waals surface area (Å²) in [4.78, 5) is 4.72. The van der Waals surface area contributed by atoms with Crippen LogP contribution in [0.25, 0.3) is 11.1 Å². The monoisotopic (exact) mass is 430 g/mol. The average molecular weight is 431 g/mol. The molecule has 6 heteroatoms. The third-order valence-electron chi connectivity index (χ3n) is 4.10. The lowest BCUT2D eigenvalue weighted by molar-refractivity contribution is 0.600. The number of sulfonamides is 1. The predicted molar refractivity (Wildman–Crippen MR) is 109 cm³/mol. The Morgan fingerprint density at radius 3 is 2.12 bits per heavy atom. The van der Waals surface area contributed by atoms with Crippen molar-refractivity contribution >= 4 is 31.8 Å². The molecule has 0 aliphatic rings. The number of nitrogens with zero attached hydrogens (tertiary/aromatic N) is 1. The summed E-state index contributed by atoms with van der Waals surface area (Å²) in [5.74, 6) is 0.309. The van der Waals surface area contributed by atoms with Gasteiger partial charge < -0.3 is 0 Å². The molecule has 0 unspecified atom stereocenters. The maximum absolute atomic E-state index is 12.9. The Bertz CT molecular complexity index is 1040. The molecule has 0 aliphatic heterocycles. The van der Waals surface area contributed by atoms with E-state index in [4.69, 9.17) is 0 Å². The van der Waals surface area contributed by atoms with E-state index in [0.29, 0.717) is 16.9 Å². The standard InChI is InChI=1S/C20H19BrN2O2S/c1-13-11-17(21)12-14(2)20(13)26(24,25)23-19-10-9-18(15(3)22-19)16-7-5-4-6-8-16/h4-12H,1-3H3,(H,22,23). The van der Waals surface area contributed by atoms with Crippen LogP contribution in [0.5, 0.6) is 0 Å². The van der Waals surface area contributed by atoms with Gasteiger partial charge in [-0.3, -0.25) is 4.72 Å². The van der Waals surface area contributed by atoms with Crippen molar-refractivity contribution in [3.05, 3.63) is 75.9 Å². The van der Waals surface area contributed by atoms with Gasteiger partial charge in [0.2, 0.25) is 0 Å². The van der Waals surface area contributed by atoms with Crippen LogP contribution in [0.4, 0.5) is 5.82 Å². The zero-order chi connectivity index (χ0) is 18.9. The van der Waals surface area contributed by atoms with Crippen molar-refractivity contribution in [2.24, 2.45) is 0 Å². The van der Waals surface area contributed by atoms with Gasteiger partial charge in [0.05, 0.1) is 4.90 Å². The quantitative estimate of drug-likeness (QED) is 0.615. The van der Waals surface area contributed by atoms with Crippen molar-refractivity contribution in [1.29, 1.82) is 0 Å². The fourth-order valence-corrected chi connectivity index (χ4v) is 5.19. The molecule has 4 nitrogen and oxygen atoms in total. The zero-order valence-electron chi connectivity index (χ0n) is 14.7. The molecule has 0 saturated carbocycles. The number of aryl methyl sites for hydroxylation is 3. The molecule has 1 N–H and O–H groups in total. The van der Waals surface area contributed by atoms with Crippen molar-refractivity contribution in [3.8, 4) is 11.1 Å². The third-order valence-corrected chi connectivity index (χ3v) is 6.22. The van der Waals surface area contributed by atoms with E-state index in [1.807, 2.05) is 43.3 Å². The number of halogens is 1. The highest BCUT2D eigenvalue weighted by Gasteiger charge is 2.21. The molecule has 3 rings (SSSR count). The first kappa shape index (κ1) is 18.6. The fourth-order valence-electron chi connectivity index (χ4n) is 3.05. The molecule has 0 fully saturated rings. The Morgan fingerprint density at radius 1 is 0.923 bits per heavy atom. The van der Waals surface area contributed by atoms with Crippen LogP contribution in [0.1, 0.15) is 16.8 Å². The molecule has 2 aromatic carbocycles. The topological polar surface area (TPSA) is 59.1 Å². The molecule has 0 amide bonds. The summed E-state index contributed by atoms with van der Waals surface area (Å²) in [6.45, 7) is 5.43. The van der Waals surface area contributed by atoms with Gasteiger partial charge in [-0.25, -0.2) is 13.4 Å². The van der Waals surface area contributed by atoms with Gasteiger partial charge in [-0.05, 0) is 61.7 Å².